The van der Waals surface area contributed by atoms with Crippen molar-refractivity contribution in [2.75, 3.05) is 19.6 Å². The van der Waals surface area contributed by atoms with Crippen LogP contribution in [0, 0.1) is 16.7 Å². The number of nitrogens with zero attached hydrogens (tertiary/aromatic N) is 1. The Labute approximate surface area is 113 Å². The third-order valence-corrected chi connectivity index (χ3v) is 6.75. The van der Waals surface area contributed by atoms with Crippen LogP contribution in [0.2, 0.25) is 0 Å². The van der Waals surface area contributed by atoms with Gasteiger partial charge in [0.05, 0.1) is 0 Å². The first-order valence-corrected chi connectivity index (χ1v) is 7.90. The zero-order valence-electron chi connectivity index (χ0n) is 12.6. The number of rotatable bonds is 3. The van der Waals surface area contributed by atoms with Crippen molar-refractivity contribution < 1.29 is 0 Å². The Morgan fingerprint density at radius 1 is 1.06 bits per heavy atom. The van der Waals surface area contributed by atoms with Crippen molar-refractivity contribution in [1.29, 1.82) is 0 Å². The maximum atomic E-state index is 3.88. The van der Waals surface area contributed by atoms with Crippen LogP contribution in [-0.4, -0.2) is 36.6 Å². The van der Waals surface area contributed by atoms with E-state index in [1.54, 1.807) is 0 Å². The molecular weight excluding hydrogens is 220 g/mol. The molecule has 0 bridgehead atoms. The van der Waals surface area contributed by atoms with Crippen LogP contribution in [0.15, 0.2) is 0 Å². The topological polar surface area (TPSA) is 15.3 Å². The standard InChI is InChI=1S/C16H30N2/c1-15(2)14(16(15,3)4)11-17-12-7-9-18-8-5-6-13(18)10-12/h12-14,17H,5-11H2,1-4H3. The fraction of sp³-hybridized carbons (Fsp3) is 1.00. The molecule has 2 heteroatoms. The van der Waals surface area contributed by atoms with Crippen LogP contribution < -0.4 is 5.32 Å². The van der Waals surface area contributed by atoms with Crippen LogP contribution in [0.4, 0.5) is 0 Å². The van der Waals surface area contributed by atoms with Crippen molar-refractivity contribution in [3.05, 3.63) is 0 Å². The van der Waals surface area contributed by atoms with Gasteiger partial charge in [-0.2, -0.15) is 0 Å². The molecule has 0 aromatic heterocycles. The number of hydrogen-bond donors (Lipinski definition) is 1. The van der Waals surface area contributed by atoms with E-state index < -0.39 is 0 Å². The van der Waals surface area contributed by atoms with Crippen molar-refractivity contribution in [2.24, 2.45) is 16.7 Å². The van der Waals surface area contributed by atoms with Crippen LogP contribution in [0.1, 0.15) is 53.4 Å². The molecule has 3 rings (SSSR count). The summed E-state index contributed by atoms with van der Waals surface area (Å²) in [6.07, 6.45) is 5.64. The fourth-order valence-corrected chi connectivity index (χ4v) is 4.54. The van der Waals surface area contributed by atoms with Crippen LogP contribution >= 0.6 is 0 Å². The summed E-state index contributed by atoms with van der Waals surface area (Å²) in [6.45, 7) is 13.6. The van der Waals surface area contributed by atoms with Crippen molar-refractivity contribution in [3.63, 3.8) is 0 Å². The average Bonchev–Trinajstić information content (AvgIpc) is 2.70. The zero-order valence-corrected chi connectivity index (χ0v) is 12.6. The number of nitrogens with one attached hydrogen (secondary N) is 1. The van der Waals surface area contributed by atoms with E-state index in [9.17, 15) is 0 Å². The predicted molar refractivity (Wildman–Crippen MR) is 76.7 cm³/mol. The molecule has 2 aliphatic heterocycles. The van der Waals surface area contributed by atoms with Gasteiger partial charge in [0.15, 0.2) is 0 Å². The highest BCUT2D eigenvalue weighted by Crippen LogP contribution is 2.67. The van der Waals surface area contributed by atoms with Gasteiger partial charge in [-0.3, -0.25) is 0 Å². The molecule has 2 unspecified atom stereocenters. The van der Waals surface area contributed by atoms with Gasteiger partial charge < -0.3 is 10.2 Å². The summed E-state index contributed by atoms with van der Waals surface area (Å²) < 4.78 is 0. The minimum absolute atomic E-state index is 0.536. The first kappa shape index (κ1) is 12.9. The largest absolute Gasteiger partial charge is 0.314 e. The highest BCUT2D eigenvalue weighted by atomic mass is 15.2. The highest BCUT2D eigenvalue weighted by molar-refractivity contribution is 5.13. The van der Waals surface area contributed by atoms with Crippen LogP contribution in [0.25, 0.3) is 0 Å². The van der Waals surface area contributed by atoms with Gasteiger partial charge in [0, 0.05) is 12.1 Å². The minimum Gasteiger partial charge on any atom is -0.314 e. The van der Waals surface area contributed by atoms with E-state index in [1.165, 1.54) is 45.3 Å². The van der Waals surface area contributed by atoms with Crippen molar-refractivity contribution in [2.45, 2.75) is 65.5 Å². The minimum atomic E-state index is 0.536. The van der Waals surface area contributed by atoms with E-state index in [4.69, 9.17) is 0 Å². The maximum absolute atomic E-state index is 3.88. The molecule has 0 aromatic rings. The quantitative estimate of drug-likeness (QED) is 0.828. The zero-order chi connectivity index (χ0) is 13.0. The van der Waals surface area contributed by atoms with Gasteiger partial charge in [-0.25, -0.2) is 0 Å². The molecule has 1 saturated carbocycles. The third kappa shape index (κ3) is 1.92. The number of hydrogen-bond acceptors (Lipinski definition) is 2. The van der Waals surface area contributed by atoms with E-state index in [-0.39, 0.29) is 0 Å². The molecule has 104 valence electrons. The Balaban J connectivity index is 1.47. The molecule has 2 nitrogen and oxygen atoms in total. The van der Waals surface area contributed by atoms with E-state index in [1.807, 2.05) is 0 Å². The van der Waals surface area contributed by atoms with Crippen molar-refractivity contribution in [1.82, 2.24) is 10.2 Å². The van der Waals surface area contributed by atoms with Gasteiger partial charge in [0.2, 0.25) is 0 Å². The normalized spacial score (nSPS) is 38.7. The molecule has 3 aliphatic rings. The Hall–Kier alpha value is -0.0800. The predicted octanol–water partition coefficient (Wildman–Crippen LogP) is 2.89. The first-order chi connectivity index (χ1) is 8.43. The highest BCUT2D eigenvalue weighted by Gasteiger charge is 2.63. The summed E-state index contributed by atoms with van der Waals surface area (Å²) in [7, 11) is 0. The Kier molecular flexibility index (Phi) is 3.02. The summed E-state index contributed by atoms with van der Waals surface area (Å²) in [4.78, 5) is 2.71. The molecular formula is C16H30N2. The average molecular weight is 250 g/mol. The Bertz CT molecular complexity index is 307. The second-order valence-electron chi connectivity index (χ2n) is 7.96. The lowest BCUT2D eigenvalue weighted by Crippen LogP contribution is -2.46. The molecule has 0 aromatic carbocycles. The van der Waals surface area contributed by atoms with E-state index in [0.29, 0.717) is 10.8 Å². The molecule has 3 fully saturated rings. The molecule has 18 heavy (non-hydrogen) atoms. The third-order valence-electron chi connectivity index (χ3n) is 6.75. The number of piperidine rings is 1. The lowest BCUT2D eigenvalue weighted by atomic mass is 9.97. The van der Waals surface area contributed by atoms with Crippen LogP contribution in [0.5, 0.6) is 0 Å². The van der Waals surface area contributed by atoms with Gasteiger partial charge in [0.25, 0.3) is 0 Å². The number of fused-ring (bicyclic) bond motifs is 1. The van der Waals surface area contributed by atoms with Crippen LogP contribution in [0.3, 0.4) is 0 Å². The lowest BCUT2D eigenvalue weighted by Gasteiger charge is -2.35. The lowest BCUT2D eigenvalue weighted by molar-refractivity contribution is 0.165. The fourth-order valence-electron chi connectivity index (χ4n) is 4.54. The second kappa shape index (κ2) is 4.21. The molecule has 2 atom stereocenters. The summed E-state index contributed by atoms with van der Waals surface area (Å²) in [5.74, 6) is 0.867. The molecule has 0 spiro atoms. The molecule has 0 radical (unpaired) electrons. The smallest absolute Gasteiger partial charge is 0.0111 e. The SMILES string of the molecule is CC1(C)C(CNC2CCN3CCCC3C2)C1(C)C. The first-order valence-electron chi connectivity index (χ1n) is 7.90. The molecule has 0 amide bonds. The Morgan fingerprint density at radius 3 is 2.44 bits per heavy atom. The Morgan fingerprint density at radius 2 is 1.78 bits per heavy atom. The van der Waals surface area contributed by atoms with E-state index in [2.05, 4.69) is 37.9 Å². The van der Waals surface area contributed by atoms with Crippen molar-refractivity contribution >= 4 is 0 Å². The van der Waals surface area contributed by atoms with E-state index in [0.717, 1.165) is 18.0 Å². The van der Waals surface area contributed by atoms with Gasteiger partial charge in [-0.05, 0) is 62.1 Å². The van der Waals surface area contributed by atoms with Gasteiger partial charge in [-0.15, -0.1) is 0 Å². The van der Waals surface area contributed by atoms with Crippen molar-refractivity contribution in [3.8, 4) is 0 Å². The summed E-state index contributed by atoms with van der Waals surface area (Å²) in [6, 6.07) is 1.69. The van der Waals surface area contributed by atoms with Gasteiger partial charge in [0.1, 0.15) is 0 Å². The van der Waals surface area contributed by atoms with Gasteiger partial charge in [-0.1, -0.05) is 27.7 Å². The summed E-state index contributed by atoms with van der Waals surface area (Å²) in [5, 5.41) is 3.88. The van der Waals surface area contributed by atoms with Crippen LogP contribution in [-0.2, 0) is 0 Å². The molecule has 1 N–H and O–H groups in total. The summed E-state index contributed by atoms with van der Waals surface area (Å²) >= 11 is 0. The monoisotopic (exact) mass is 250 g/mol. The maximum Gasteiger partial charge on any atom is 0.0111 e. The summed E-state index contributed by atoms with van der Waals surface area (Å²) in [5.41, 5.74) is 1.07. The molecule has 2 heterocycles. The second-order valence-corrected chi connectivity index (χ2v) is 7.96. The molecule has 1 aliphatic carbocycles. The molecule has 2 saturated heterocycles. The van der Waals surface area contributed by atoms with E-state index >= 15 is 0 Å². The van der Waals surface area contributed by atoms with Gasteiger partial charge >= 0.3 is 0 Å².